The van der Waals surface area contributed by atoms with Gasteiger partial charge < -0.3 is 15.5 Å². The van der Waals surface area contributed by atoms with Gasteiger partial charge >= 0.3 is 0 Å². The molecule has 0 radical (unpaired) electrons. The zero-order valence-corrected chi connectivity index (χ0v) is 13.3. The fourth-order valence-corrected chi connectivity index (χ4v) is 2.39. The van der Waals surface area contributed by atoms with Crippen LogP contribution in [0.3, 0.4) is 0 Å². The van der Waals surface area contributed by atoms with Gasteiger partial charge in [-0.2, -0.15) is 0 Å². The monoisotopic (exact) mass is 283 g/mol. The Morgan fingerprint density at radius 3 is 2.70 bits per heavy atom. The van der Waals surface area contributed by atoms with Crippen LogP contribution < -0.4 is 10.6 Å². The molecule has 20 heavy (non-hydrogen) atoms. The van der Waals surface area contributed by atoms with Crippen LogP contribution in [0, 0.1) is 0 Å². The normalized spacial score (nSPS) is 20.0. The number of hydrogen-bond donors (Lipinski definition) is 2. The Hall–Kier alpha value is -1.30. The second-order valence-corrected chi connectivity index (χ2v) is 5.29. The molecule has 0 saturated carbocycles. The minimum Gasteiger partial charge on any atom is -0.357 e. The summed E-state index contributed by atoms with van der Waals surface area (Å²) >= 11 is 0. The van der Waals surface area contributed by atoms with Gasteiger partial charge in [0, 0.05) is 33.2 Å². The van der Waals surface area contributed by atoms with E-state index in [1.165, 1.54) is 19.4 Å². The lowest BCUT2D eigenvalue weighted by Crippen LogP contribution is -2.45. The lowest BCUT2D eigenvalue weighted by molar-refractivity contribution is -0.127. The lowest BCUT2D eigenvalue weighted by Gasteiger charge is -2.24. The number of carbonyl (C=O) groups excluding carboxylic acids is 1. The van der Waals surface area contributed by atoms with Crippen molar-refractivity contribution in [3.63, 3.8) is 0 Å². The van der Waals surface area contributed by atoms with E-state index in [0.29, 0.717) is 6.04 Å². The quantitative estimate of drug-likeness (QED) is 0.537. The molecule has 1 amide bonds. The number of hydrogen-bond acceptors (Lipinski definition) is 3. The Labute approximate surface area is 122 Å². The highest BCUT2D eigenvalue weighted by Gasteiger charge is 2.22. The smallest absolute Gasteiger partial charge is 0.243 e. The number of nitrogens with zero attached hydrogens (tertiary/aromatic N) is 3. The highest BCUT2D eigenvalue weighted by molar-refractivity contribution is 5.84. The maximum absolute atomic E-state index is 11.6. The van der Waals surface area contributed by atoms with Crippen molar-refractivity contribution < 1.29 is 4.79 Å². The minimum absolute atomic E-state index is 0.0123. The van der Waals surface area contributed by atoms with Crippen LogP contribution in [0.1, 0.15) is 26.7 Å². The van der Waals surface area contributed by atoms with Gasteiger partial charge in [-0.05, 0) is 32.9 Å². The molecule has 1 atom stereocenters. The third-order valence-electron chi connectivity index (χ3n) is 3.63. The van der Waals surface area contributed by atoms with Crippen LogP contribution in [-0.4, -0.2) is 74.5 Å². The predicted octanol–water partition coefficient (Wildman–Crippen LogP) is 0.114. The summed E-state index contributed by atoms with van der Waals surface area (Å²) in [6.45, 7) is 8.38. The summed E-state index contributed by atoms with van der Waals surface area (Å²) in [7, 11) is 3.49. The van der Waals surface area contributed by atoms with Crippen LogP contribution in [-0.2, 0) is 4.79 Å². The molecule has 0 aliphatic carbocycles. The molecule has 1 heterocycles. The van der Waals surface area contributed by atoms with E-state index < -0.39 is 0 Å². The number of amides is 1. The molecule has 6 heteroatoms. The van der Waals surface area contributed by atoms with Crippen LogP contribution in [0.5, 0.6) is 0 Å². The van der Waals surface area contributed by atoms with E-state index in [0.717, 1.165) is 25.6 Å². The van der Waals surface area contributed by atoms with Gasteiger partial charge in [-0.25, -0.2) is 4.99 Å². The topological polar surface area (TPSA) is 60.0 Å². The fraction of sp³-hybridized carbons (Fsp3) is 0.857. The van der Waals surface area contributed by atoms with E-state index in [1.54, 1.807) is 19.0 Å². The van der Waals surface area contributed by atoms with Crippen molar-refractivity contribution >= 4 is 11.9 Å². The molecule has 116 valence electrons. The molecule has 1 unspecified atom stereocenters. The number of guanidine groups is 1. The average molecular weight is 283 g/mol. The van der Waals surface area contributed by atoms with Gasteiger partial charge in [-0.1, -0.05) is 6.92 Å². The van der Waals surface area contributed by atoms with Crippen LogP contribution in [0.15, 0.2) is 4.99 Å². The number of nitrogens with one attached hydrogen (secondary N) is 2. The largest absolute Gasteiger partial charge is 0.357 e. The van der Waals surface area contributed by atoms with Crippen LogP contribution in [0.2, 0.25) is 0 Å². The van der Waals surface area contributed by atoms with Gasteiger partial charge in [-0.15, -0.1) is 0 Å². The lowest BCUT2D eigenvalue weighted by atomic mass is 10.2. The maximum Gasteiger partial charge on any atom is 0.243 e. The number of carbonyl (C=O) groups is 1. The Bertz CT molecular complexity index is 330. The van der Waals surface area contributed by atoms with E-state index in [2.05, 4.69) is 27.4 Å². The predicted molar refractivity (Wildman–Crippen MR) is 82.9 cm³/mol. The molecule has 0 aromatic heterocycles. The summed E-state index contributed by atoms with van der Waals surface area (Å²) < 4.78 is 0. The highest BCUT2D eigenvalue weighted by Crippen LogP contribution is 2.15. The van der Waals surface area contributed by atoms with Gasteiger partial charge in [0.1, 0.15) is 6.54 Å². The second-order valence-electron chi connectivity index (χ2n) is 5.29. The molecular formula is C14H29N5O. The minimum atomic E-state index is 0.0123. The van der Waals surface area contributed by atoms with E-state index >= 15 is 0 Å². The molecule has 1 rings (SSSR count). The van der Waals surface area contributed by atoms with Crippen molar-refractivity contribution in [3.05, 3.63) is 0 Å². The fourth-order valence-electron chi connectivity index (χ4n) is 2.39. The van der Waals surface area contributed by atoms with Gasteiger partial charge in [0.05, 0.1) is 0 Å². The van der Waals surface area contributed by atoms with E-state index in [4.69, 9.17) is 0 Å². The Morgan fingerprint density at radius 1 is 1.35 bits per heavy atom. The first kappa shape index (κ1) is 16.8. The summed E-state index contributed by atoms with van der Waals surface area (Å²) in [6, 6.07) is 0.577. The standard InChI is InChI=1S/C14H29N5O/c1-5-15-14(17-11-13(20)18(3)4)16-10-12-8-7-9-19(12)6-2/h12H,5-11H2,1-4H3,(H2,15,16,17). The third-order valence-corrected chi connectivity index (χ3v) is 3.63. The van der Waals surface area contributed by atoms with Gasteiger partial charge in [0.25, 0.3) is 0 Å². The van der Waals surface area contributed by atoms with Crippen molar-refractivity contribution in [3.8, 4) is 0 Å². The third kappa shape index (κ3) is 5.36. The summed E-state index contributed by atoms with van der Waals surface area (Å²) in [5, 5.41) is 6.53. The first-order valence-corrected chi connectivity index (χ1v) is 7.54. The molecule has 1 saturated heterocycles. The molecule has 1 fully saturated rings. The first-order valence-electron chi connectivity index (χ1n) is 7.54. The zero-order chi connectivity index (χ0) is 15.0. The molecule has 0 spiro atoms. The molecule has 0 bridgehead atoms. The van der Waals surface area contributed by atoms with E-state index in [9.17, 15) is 4.79 Å². The van der Waals surface area contributed by atoms with E-state index in [1.807, 2.05) is 6.92 Å². The molecule has 2 N–H and O–H groups in total. The van der Waals surface area contributed by atoms with Crippen molar-refractivity contribution in [1.29, 1.82) is 0 Å². The summed E-state index contributed by atoms with van der Waals surface area (Å²) in [4.78, 5) is 19.9. The number of rotatable bonds is 6. The maximum atomic E-state index is 11.6. The van der Waals surface area contributed by atoms with Crippen LogP contribution >= 0.6 is 0 Å². The van der Waals surface area contributed by atoms with Crippen LogP contribution in [0.25, 0.3) is 0 Å². The molecule has 0 aromatic carbocycles. The van der Waals surface area contributed by atoms with Crippen molar-refractivity contribution in [2.45, 2.75) is 32.7 Å². The van der Waals surface area contributed by atoms with Crippen LogP contribution in [0.4, 0.5) is 0 Å². The number of likely N-dealkylation sites (N-methyl/N-ethyl adjacent to an activating group) is 2. The van der Waals surface area contributed by atoms with Crippen molar-refractivity contribution in [2.75, 3.05) is 46.8 Å². The first-order chi connectivity index (χ1) is 9.58. The molecule has 6 nitrogen and oxygen atoms in total. The summed E-state index contributed by atoms with van der Waals surface area (Å²) in [6.07, 6.45) is 2.50. The summed E-state index contributed by atoms with van der Waals surface area (Å²) in [5.41, 5.74) is 0. The van der Waals surface area contributed by atoms with Crippen molar-refractivity contribution in [1.82, 2.24) is 20.4 Å². The number of aliphatic imine (C=N–C) groups is 1. The van der Waals surface area contributed by atoms with Gasteiger partial charge in [0.2, 0.25) is 5.91 Å². The molecule has 1 aliphatic rings. The zero-order valence-electron chi connectivity index (χ0n) is 13.3. The summed E-state index contributed by atoms with van der Waals surface area (Å²) in [5.74, 6) is 0.740. The van der Waals surface area contributed by atoms with Gasteiger partial charge in [-0.3, -0.25) is 9.69 Å². The van der Waals surface area contributed by atoms with E-state index in [-0.39, 0.29) is 12.5 Å². The molecule has 1 aliphatic heterocycles. The Morgan fingerprint density at radius 2 is 2.10 bits per heavy atom. The van der Waals surface area contributed by atoms with Gasteiger partial charge in [0.15, 0.2) is 5.96 Å². The Kier molecular flexibility index (Phi) is 7.36. The second kappa shape index (κ2) is 8.79. The highest BCUT2D eigenvalue weighted by atomic mass is 16.2. The van der Waals surface area contributed by atoms with Crippen molar-refractivity contribution in [2.24, 2.45) is 4.99 Å². The molecule has 0 aromatic rings. The molecular weight excluding hydrogens is 254 g/mol. The average Bonchev–Trinajstić information content (AvgIpc) is 2.88. The SMILES string of the molecule is CCNC(=NCC(=O)N(C)C)NCC1CCCN1CC. The number of likely N-dealkylation sites (tertiary alicyclic amines) is 1. The Balaban J connectivity index is 2.45.